The zero-order valence-corrected chi connectivity index (χ0v) is 13.5. The number of aryl methyl sites for hydroxylation is 1. The Morgan fingerprint density at radius 2 is 2.14 bits per heavy atom. The van der Waals surface area contributed by atoms with Gasteiger partial charge in [-0.3, -0.25) is 0 Å². The van der Waals surface area contributed by atoms with Crippen LogP contribution in [-0.4, -0.2) is 34.2 Å². The maximum Gasteiger partial charge on any atom is 0.318 e. The summed E-state index contributed by atoms with van der Waals surface area (Å²) in [6, 6.07) is 9.55. The maximum atomic E-state index is 12.3. The highest BCUT2D eigenvalue weighted by Gasteiger charge is 2.13. The molecule has 1 heterocycles. The van der Waals surface area contributed by atoms with Crippen LogP contribution in [0.3, 0.4) is 0 Å². The lowest BCUT2D eigenvalue weighted by atomic mass is 10.2. The summed E-state index contributed by atoms with van der Waals surface area (Å²) in [5.74, 6) is 0. The minimum absolute atomic E-state index is 0.0586. The highest BCUT2D eigenvalue weighted by atomic mass is 32.1. The summed E-state index contributed by atoms with van der Waals surface area (Å²) in [5.41, 5.74) is 1.91. The van der Waals surface area contributed by atoms with Crippen molar-refractivity contribution in [3.05, 3.63) is 52.0 Å². The number of carbonyl (C=O) groups excluding carboxylic acids is 1. The summed E-state index contributed by atoms with van der Waals surface area (Å²) >= 11 is 1.61. The number of aliphatic hydroxyl groups is 1. The zero-order valence-electron chi connectivity index (χ0n) is 12.7. The molecule has 0 saturated carbocycles. The van der Waals surface area contributed by atoms with Gasteiger partial charge in [0.2, 0.25) is 0 Å². The van der Waals surface area contributed by atoms with Gasteiger partial charge in [-0.1, -0.05) is 37.3 Å². The molecule has 0 aliphatic carbocycles. The number of rotatable bonds is 7. The van der Waals surface area contributed by atoms with Crippen LogP contribution in [-0.2, 0) is 19.5 Å². The Hall–Kier alpha value is -1.92. The summed E-state index contributed by atoms with van der Waals surface area (Å²) in [6.07, 6.45) is 0.906. The molecule has 0 radical (unpaired) electrons. The molecule has 0 unspecified atom stereocenters. The van der Waals surface area contributed by atoms with Crippen LogP contribution in [0.15, 0.2) is 35.7 Å². The largest absolute Gasteiger partial charge is 0.395 e. The number of aliphatic hydroxyl groups excluding tert-OH is 1. The van der Waals surface area contributed by atoms with Gasteiger partial charge in [0.25, 0.3) is 0 Å². The molecule has 0 saturated heterocycles. The fourth-order valence-electron chi connectivity index (χ4n) is 2.05. The molecule has 1 aromatic carbocycles. The molecule has 0 atom stereocenters. The van der Waals surface area contributed by atoms with Crippen molar-refractivity contribution >= 4 is 17.4 Å². The number of thiazole rings is 1. The van der Waals surface area contributed by atoms with Crippen LogP contribution in [0.1, 0.15) is 23.2 Å². The molecule has 2 rings (SSSR count). The molecule has 118 valence electrons. The van der Waals surface area contributed by atoms with Crippen LogP contribution in [0.2, 0.25) is 0 Å². The predicted molar refractivity (Wildman–Crippen MR) is 87.7 cm³/mol. The number of nitrogens with zero attached hydrogens (tertiary/aromatic N) is 2. The smallest absolute Gasteiger partial charge is 0.318 e. The average Bonchev–Trinajstić information content (AvgIpc) is 3.01. The van der Waals surface area contributed by atoms with Gasteiger partial charge in [-0.05, 0) is 12.0 Å². The monoisotopic (exact) mass is 319 g/mol. The molecular formula is C16H21N3O2S. The van der Waals surface area contributed by atoms with Crippen LogP contribution >= 0.6 is 11.3 Å². The van der Waals surface area contributed by atoms with Gasteiger partial charge >= 0.3 is 6.03 Å². The van der Waals surface area contributed by atoms with Gasteiger partial charge < -0.3 is 15.3 Å². The first-order valence-electron chi connectivity index (χ1n) is 7.33. The van der Waals surface area contributed by atoms with E-state index in [1.165, 1.54) is 0 Å². The minimum Gasteiger partial charge on any atom is -0.395 e. The van der Waals surface area contributed by atoms with Gasteiger partial charge in [-0.25, -0.2) is 9.78 Å². The summed E-state index contributed by atoms with van der Waals surface area (Å²) < 4.78 is 0. The SMILES string of the molecule is CCc1nc(CNC(=O)N(CCO)Cc2ccccc2)cs1. The van der Waals surface area contributed by atoms with Gasteiger partial charge in [0, 0.05) is 18.5 Å². The average molecular weight is 319 g/mol. The molecule has 2 amide bonds. The van der Waals surface area contributed by atoms with Crippen LogP contribution in [0.4, 0.5) is 4.79 Å². The quantitative estimate of drug-likeness (QED) is 0.823. The first kappa shape index (κ1) is 16.5. The van der Waals surface area contributed by atoms with Crippen molar-refractivity contribution in [3.8, 4) is 0 Å². The van der Waals surface area contributed by atoms with Crippen LogP contribution in [0, 0.1) is 0 Å². The lowest BCUT2D eigenvalue weighted by Gasteiger charge is -2.22. The van der Waals surface area contributed by atoms with Crippen molar-refractivity contribution in [3.63, 3.8) is 0 Å². The number of benzene rings is 1. The van der Waals surface area contributed by atoms with Gasteiger partial charge in [0.15, 0.2) is 0 Å². The zero-order chi connectivity index (χ0) is 15.8. The van der Waals surface area contributed by atoms with Gasteiger partial charge in [0.05, 0.1) is 23.9 Å². The lowest BCUT2D eigenvalue weighted by Crippen LogP contribution is -2.40. The summed E-state index contributed by atoms with van der Waals surface area (Å²) in [4.78, 5) is 18.3. The number of amides is 2. The molecule has 2 aromatic rings. The van der Waals surface area contributed by atoms with E-state index in [2.05, 4.69) is 17.2 Å². The number of carbonyl (C=O) groups is 1. The highest BCUT2D eigenvalue weighted by molar-refractivity contribution is 7.09. The first-order chi connectivity index (χ1) is 10.7. The van der Waals surface area contributed by atoms with Crippen molar-refractivity contribution in [2.24, 2.45) is 0 Å². The Morgan fingerprint density at radius 3 is 2.77 bits per heavy atom. The fourth-order valence-corrected chi connectivity index (χ4v) is 2.79. The maximum absolute atomic E-state index is 12.3. The third kappa shape index (κ3) is 4.82. The molecule has 5 nitrogen and oxygen atoms in total. The molecule has 0 fully saturated rings. The Morgan fingerprint density at radius 1 is 1.36 bits per heavy atom. The van der Waals surface area contributed by atoms with Crippen molar-refractivity contribution < 1.29 is 9.90 Å². The molecule has 1 aromatic heterocycles. The summed E-state index contributed by atoms with van der Waals surface area (Å²) in [6.45, 7) is 3.19. The third-order valence-corrected chi connectivity index (χ3v) is 4.24. The number of hydrogen-bond donors (Lipinski definition) is 2. The van der Waals surface area contributed by atoms with Gasteiger partial charge in [0.1, 0.15) is 0 Å². The fraction of sp³-hybridized carbons (Fsp3) is 0.375. The van der Waals surface area contributed by atoms with Gasteiger partial charge in [-0.15, -0.1) is 11.3 Å². The molecule has 0 bridgehead atoms. The Labute approximate surface area is 134 Å². The Bertz CT molecular complexity index is 586. The second-order valence-corrected chi connectivity index (χ2v) is 5.82. The van der Waals surface area contributed by atoms with E-state index in [0.717, 1.165) is 22.7 Å². The number of hydrogen-bond acceptors (Lipinski definition) is 4. The first-order valence-corrected chi connectivity index (χ1v) is 8.21. The number of aromatic nitrogens is 1. The summed E-state index contributed by atoms with van der Waals surface area (Å²) in [7, 11) is 0. The van der Waals surface area contributed by atoms with E-state index < -0.39 is 0 Å². The van der Waals surface area contributed by atoms with Crippen molar-refractivity contribution in [1.82, 2.24) is 15.2 Å². The minimum atomic E-state index is -0.191. The molecule has 0 aliphatic heterocycles. The molecular weight excluding hydrogens is 298 g/mol. The molecule has 22 heavy (non-hydrogen) atoms. The second kappa shape index (κ2) is 8.51. The van der Waals surface area contributed by atoms with Crippen molar-refractivity contribution in [2.75, 3.05) is 13.2 Å². The van der Waals surface area contributed by atoms with Crippen molar-refractivity contribution in [2.45, 2.75) is 26.4 Å². The van der Waals surface area contributed by atoms with E-state index in [1.807, 2.05) is 35.7 Å². The molecule has 0 spiro atoms. The summed E-state index contributed by atoms with van der Waals surface area (Å²) in [5, 5.41) is 15.0. The molecule has 2 N–H and O–H groups in total. The van der Waals surface area contributed by atoms with E-state index in [-0.39, 0.29) is 12.6 Å². The highest BCUT2D eigenvalue weighted by Crippen LogP contribution is 2.10. The van der Waals surface area contributed by atoms with E-state index in [0.29, 0.717) is 19.6 Å². The van der Waals surface area contributed by atoms with Gasteiger partial charge in [-0.2, -0.15) is 0 Å². The molecule has 6 heteroatoms. The second-order valence-electron chi connectivity index (χ2n) is 4.88. The van der Waals surface area contributed by atoms with E-state index in [9.17, 15) is 4.79 Å². The van der Waals surface area contributed by atoms with E-state index in [1.54, 1.807) is 16.2 Å². The predicted octanol–water partition coefficient (Wildman–Crippen LogP) is 2.41. The topological polar surface area (TPSA) is 65.5 Å². The standard InChI is InChI=1S/C16H21N3O2S/c1-2-15-18-14(12-22-15)10-17-16(21)19(8-9-20)11-13-6-4-3-5-7-13/h3-7,12,20H,2,8-11H2,1H3,(H,17,21). The van der Waals surface area contributed by atoms with E-state index >= 15 is 0 Å². The normalized spacial score (nSPS) is 10.5. The van der Waals surface area contributed by atoms with Crippen molar-refractivity contribution in [1.29, 1.82) is 0 Å². The lowest BCUT2D eigenvalue weighted by molar-refractivity contribution is 0.173. The third-order valence-electron chi connectivity index (χ3n) is 3.20. The van der Waals surface area contributed by atoms with E-state index in [4.69, 9.17) is 5.11 Å². The number of urea groups is 1. The van der Waals surface area contributed by atoms with Crippen LogP contribution < -0.4 is 5.32 Å². The Balaban J connectivity index is 1.91. The number of nitrogens with one attached hydrogen (secondary N) is 1. The molecule has 0 aliphatic rings. The van der Waals surface area contributed by atoms with Crippen LogP contribution in [0.25, 0.3) is 0 Å². The Kier molecular flexibility index (Phi) is 6.36. The van der Waals surface area contributed by atoms with Crippen LogP contribution in [0.5, 0.6) is 0 Å².